The van der Waals surface area contributed by atoms with E-state index in [1.165, 1.54) is 24.8 Å². The first-order chi connectivity index (χ1) is 9.24. The molecule has 98 valence electrons. The molecule has 3 rings (SSSR count). The summed E-state index contributed by atoms with van der Waals surface area (Å²) in [6.45, 7) is 0. The van der Waals surface area contributed by atoms with Crippen molar-refractivity contribution in [1.29, 1.82) is 0 Å². The van der Waals surface area contributed by atoms with Crippen LogP contribution >= 0.6 is 0 Å². The molecule has 2 N–H and O–H groups in total. The first-order valence-electron chi connectivity index (χ1n) is 6.65. The Balaban J connectivity index is 1.79. The van der Waals surface area contributed by atoms with E-state index < -0.39 is 0 Å². The van der Waals surface area contributed by atoms with Crippen molar-refractivity contribution in [3.63, 3.8) is 0 Å². The Bertz CT molecular complexity index is 543. The molecule has 1 saturated carbocycles. The van der Waals surface area contributed by atoms with Crippen LogP contribution in [-0.2, 0) is 0 Å². The minimum absolute atomic E-state index is 0.677. The first-order valence-corrected chi connectivity index (χ1v) is 6.65. The number of nitrogens with zero attached hydrogens (tertiary/aromatic N) is 3. The van der Waals surface area contributed by atoms with E-state index in [9.17, 15) is 0 Å². The highest BCUT2D eigenvalue weighted by molar-refractivity contribution is 5.59. The van der Waals surface area contributed by atoms with Gasteiger partial charge in [-0.2, -0.15) is 0 Å². The van der Waals surface area contributed by atoms with Crippen LogP contribution in [0.2, 0.25) is 0 Å². The molecule has 1 aliphatic carbocycles. The van der Waals surface area contributed by atoms with Crippen LogP contribution in [0.5, 0.6) is 0 Å². The monoisotopic (exact) mass is 254 g/mol. The van der Waals surface area contributed by atoms with Crippen LogP contribution in [0.4, 0.5) is 17.3 Å². The van der Waals surface area contributed by atoms with Crippen molar-refractivity contribution in [2.75, 3.05) is 17.7 Å². The predicted molar refractivity (Wildman–Crippen MR) is 77.5 cm³/mol. The second-order valence-electron chi connectivity index (χ2n) is 5.09. The van der Waals surface area contributed by atoms with Crippen molar-refractivity contribution in [2.45, 2.75) is 25.2 Å². The summed E-state index contributed by atoms with van der Waals surface area (Å²) in [6.07, 6.45) is 7.80. The number of benzene rings is 1. The molecule has 0 aliphatic heterocycles. The maximum Gasteiger partial charge on any atom is 0.229 e. The van der Waals surface area contributed by atoms with Gasteiger partial charge in [-0.25, -0.2) is 9.97 Å². The largest absolute Gasteiger partial charge is 0.399 e. The second-order valence-corrected chi connectivity index (χ2v) is 5.09. The highest BCUT2D eigenvalue weighted by Gasteiger charge is 2.20. The SMILES string of the molecule is CN(c1ccc(N)cc1)c1ncc(C2CCC2)cn1. The van der Waals surface area contributed by atoms with Gasteiger partial charge in [-0.1, -0.05) is 6.42 Å². The quantitative estimate of drug-likeness (QED) is 0.855. The zero-order chi connectivity index (χ0) is 13.2. The van der Waals surface area contributed by atoms with E-state index in [0.717, 1.165) is 11.4 Å². The van der Waals surface area contributed by atoms with Gasteiger partial charge in [-0.3, -0.25) is 0 Å². The van der Waals surface area contributed by atoms with Crippen LogP contribution in [0.25, 0.3) is 0 Å². The molecule has 0 atom stereocenters. The standard InChI is InChI=1S/C15H18N4/c1-19(14-7-5-13(16)6-8-14)15-17-9-12(10-18-15)11-3-2-4-11/h5-11H,2-4,16H2,1H3. The molecule has 2 aromatic rings. The van der Waals surface area contributed by atoms with Crippen molar-refractivity contribution in [3.05, 3.63) is 42.2 Å². The predicted octanol–water partition coefficient (Wildman–Crippen LogP) is 3.09. The summed E-state index contributed by atoms with van der Waals surface area (Å²) >= 11 is 0. The van der Waals surface area contributed by atoms with Gasteiger partial charge in [0.05, 0.1) is 0 Å². The van der Waals surface area contributed by atoms with E-state index in [4.69, 9.17) is 5.73 Å². The molecule has 4 heteroatoms. The number of aromatic nitrogens is 2. The van der Waals surface area contributed by atoms with Gasteiger partial charge in [0.15, 0.2) is 0 Å². The number of hydrogen-bond acceptors (Lipinski definition) is 4. The van der Waals surface area contributed by atoms with E-state index in [2.05, 4.69) is 9.97 Å². The zero-order valence-electron chi connectivity index (χ0n) is 11.1. The Morgan fingerprint density at radius 3 is 2.26 bits per heavy atom. The van der Waals surface area contributed by atoms with Crippen molar-refractivity contribution in [2.24, 2.45) is 0 Å². The molecule has 1 aromatic carbocycles. The lowest BCUT2D eigenvalue weighted by Crippen LogP contribution is -2.15. The molecule has 1 heterocycles. The van der Waals surface area contributed by atoms with Crippen molar-refractivity contribution in [1.82, 2.24) is 9.97 Å². The molecule has 0 saturated heterocycles. The Morgan fingerprint density at radius 1 is 1.11 bits per heavy atom. The maximum absolute atomic E-state index is 5.69. The fourth-order valence-electron chi connectivity index (χ4n) is 2.27. The first kappa shape index (κ1) is 12.0. The topological polar surface area (TPSA) is 55.0 Å². The summed E-state index contributed by atoms with van der Waals surface area (Å²) in [5.74, 6) is 1.39. The number of anilines is 3. The molecule has 19 heavy (non-hydrogen) atoms. The number of nitrogens with two attached hydrogens (primary N) is 1. The third-order valence-electron chi connectivity index (χ3n) is 3.82. The second kappa shape index (κ2) is 4.88. The maximum atomic E-state index is 5.69. The average molecular weight is 254 g/mol. The van der Waals surface area contributed by atoms with Crippen molar-refractivity contribution in [3.8, 4) is 0 Å². The lowest BCUT2D eigenvalue weighted by atomic mass is 9.81. The molecule has 0 radical (unpaired) electrons. The van der Waals surface area contributed by atoms with E-state index in [-0.39, 0.29) is 0 Å². The van der Waals surface area contributed by atoms with Gasteiger partial charge in [0.2, 0.25) is 5.95 Å². The van der Waals surface area contributed by atoms with Crippen LogP contribution in [0, 0.1) is 0 Å². The van der Waals surface area contributed by atoms with E-state index in [1.807, 2.05) is 48.6 Å². The molecule has 0 spiro atoms. The lowest BCUT2D eigenvalue weighted by Gasteiger charge is -2.25. The van der Waals surface area contributed by atoms with Gasteiger partial charge in [-0.15, -0.1) is 0 Å². The number of rotatable bonds is 3. The highest BCUT2D eigenvalue weighted by atomic mass is 15.2. The Labute approximate surface area is 113 Å². The third kappa shape index (κ3) is 2.38. The summed E-state index contributed by atoms with van der Waals surface area (Å²) < 4.78 is 0. The number of hydrogen-bond donors (Lipinski definition) is 1. The summed E-state index contributed by atoms with van der Waals surface area (Å²) in [5, 5.41) is 0. The van der Waals surface area contributed by atoms with Crippen LogP contribution in [0.1, 0.15) is 30.7 Å². The van der Waals surface area contributed by atoms with Gasteiger partial charge in [-0.05, 0) is 48.6 Å². The van der Waals surface area contributed by atoms with E-state index in [1.54, 1.807) is 0 Å². The Hall–Kier alpha value is -2.10. The van der Waals surface area contributed by atoms with Crippen LogP contribution < -0.4 is 10.6 Å². The Kier molecular flexibility index (Phi) is 3.07. The molecule has 0 bridgehead atoms. The van der Waals surface area contributed by atoms with Gasteiger partial charge < -0.3 is 10.6 Å². The van der Waals surface area contributed by atoms with Gasteiger partial charge in [0.25, 0.3) is 0 Å². The molecule has 1 fully saturated rings. The molecule has 1 aliphatic rings. The van der Waals surface area contributed by atoms with Crippen molar-refractivity contribution < 1.29 is 0 Å². The molecule has 0 unspecified atom stereocenters. The average Bonchev–Trinajstić information content (AvgIpc) is 2.38. The smallest absolute Gasteiger partial charge is 0.229 e. The van der Waals surface area contributed by atoms with Crippen molar-refractivity contribution >= 4 is 17.3 Å². The number of nitrogen functional groups attached to an aromatic ring is 1. The normalized spacial score (nSPS) is 15.0. The summed E-state index contributed by atoms with van der Waals surface area (Å²) in [6, 6.07) is 7.71. The van der Waals surface area contributed by atoms with E-state index >= 15 is 0 Å². The summed E-state index contributed by atoms with van der Waals surface area (Å²) in [7, 11) is 1.96. The molecule has 1 aromatic heterocycles. The van der Waals surface area contributed by atoms with Crippen LogP contribution in [0.3, 0.4) is 0 Å². The molecular formula is C15H18N4. The van der Waals surface area contributed by atoms with Gasteiger partial charge in [0, 0.05) is 30.8 Å². The third-order valence-corrected chi connectivity index (χ3v) is 3.82. The lowest BCUT2D eigenvalue weighted by molar-refractivity contribution is 0.418. The van der Waals surface area contributed by atoms with Gasteiger partial charge >= 0.3 is 0 Å². The molecule has 0 amide bonds. The fraction of sp³-hybridized carbons (Fsp3) is 0.333. The summed E-state index contributed by atoms with van der Waals surface area (Å²) in [4.78, 5) is 10.9. The highest BCUT2D eigenvalue weighted by Crippen LogP contribution is 2.35. The van der Waals surface area contributed by atoms with Crippen LogP contribution in [0.15, 0.2) is 36.7 Å². The minimum atomic E-state index is 0.677. The Morgan fingerprint density at radius 2 is 1.74 bits per heavy atom. The van der Waals surface area contributed by atoms with E-state index in [0.29, 0.717) is 11.9 Å². The molecule has 4 nitrogen and oxygen atoms in total. The fourth-order valence-corrected chi connectivity index (χ4v) is 2.27. The summed E-state index contributed by atoms with van der Waals surface area (Å²) in [5.41, 5.74) is 8.75. The molecular weight excluding hydrogens is 236 g/mol. The van der Waals surface area contributed by atoms with Gasteiger partial charge in [0.1, 0.15) is 0 Å². The van der Waals surface area contributed by atoms with Crippen LogP contribution in [-0.4, -0.2) is 17.0 Å². The zero-order valence-corrected chi connectivity index (χ0v) is 11.1. The minimum Gasteiger partial charge on any atom is -0.399 e.